The number of allylic oxidation sites excluding steroid dienone is 3. The third-order valence-electron chi connectivity index (χ3n) is 3.38. The molecular formula is C18H15F2S+. The van der Waals surface area contributed by atoms with Gasteiger partial charge in [0.15, 0.2) is 15.0 Å². The van der Waals surface area contributed by atoms with Crippen LogP contribution in [0.4, 0.5) is 8.78 Å². The zero-order chi connectivity index (χ0) is 14.7. The Morgan fingerprint density at radius 1 is 0.857 bits per heavy atom. The molecule has 0 N–H and O–H groups in total. The van der Waals surface area contributed by atoms with Gasteiger partial charge in [0.25, 0.3) is 0 Å². The maximum Gasteiger partial charge on any atom is 0.161 e. The Bertz CT molecular complexity index is 659. The van der Waals surface area contributed by atoms with E-state index in [1.54, 1.807) is 6.08 Å². The van der Waals surface area contributed by atoms with Gasteiger partial charge in [-0.25, -0.2) is 8.78 Å². The molecule has 21 heavy (non-hydrogen) atoms. The van der Waals surface area contributed by atoms with E-state index in [1.807, 2.05) is 36.4 Å². The minimum atomic E-state index is -0.236. The molecule has 3 rings (SSSR count). The van der Waals surface area contributed by atoms with Gasteiger partial charge in [0, 0.05) is 6.42 Å². The van der Waals surface area contributed by atoms with Crippen molar-refractivity contribution in [3.63, 3.8) is 0 Å². The van der Waals surface area contributed by atoms with Crippen molar-refractivity contribution in [1.29, 1.82) is 0 Å². The molecule has 0 fully saturated rings. The summed E-state index contributed by atoms with van der Waals surface area (Å²) in [7, 11) is -0.226. The molecule has 3 heteroatoms. The summed E-state index contributed by atoms with van der Waals surface area (Å²) in [6.45, 7) is 0. The van der Waals surface area contributed by atoms with Gasteiger partial charge in [-0.15, -0.1) is 0 Å². The Kier molecular flexibility index (Phi) is 4.20. The zero-order valence-electron chi connectivity index (χ0n) is 11.4. The van der Waals surface area contributed by atoms with Gasteiger partial charge in [0.2, 0.25) is 0 Å². The summed E-state index contributed by atoms with van der Waals surface area (Å²) in [6.07, 6.45) is 5.74. The van der Waals surface area contributed by atoms with Crippen LogP contribution in [0.1, 0.15) is 6.42 Å². The Labute approximate surface area is 126 Å². The second kappa shape index (κ2) is 6.27. The third-order valence-corrected chi connectivity index (χ3v) is 5.90. The second-order valence-corrected chi connectivity index (χ2v) is 7.05. The van der Waals surface area contributed by atoms with Gasteiger partial charge in [0.05, 0.1) is 10.9 Å². The monoisotopic (exact) mass is 301 g/mol. The lowest BCUT2D eigenvalue weighted by Crippen LogP contribution is -2.21. The maximum atomic E-state index is 13.2. The molecule has 0 aliphatic heterocycles. The van der Waals surface area contributed by atoms with Gasteiger partial charge in [-0.05, 0) is 54.6 Å². The molecule has 1 aliphatic carbocycles. The average Bonchev–Trinajstić information content (AvgIpc) is 2.52. The minimum absolute atomic E-state index is 0.179. The molecule has 106 valence electrons. The quantitative estimate of drug-likeness (QED) is 0.696. The molecule has 0 saturated heterocycles. The van der Waals surface area contributed by atoms with Crippen LogP contribution in [0, 0.1) is 5.82 Å². The van der Waals surface area contributed by atoms with E-state index in [2.05, 4.69) is 12.1 Å². The van der Waals surface area contributed by atoms with Crippen LogP contribution in [0.15, 0.2) is 88.4 Å². The fourth-order valence-electron chi connectivity index (χ4n) is 2.38. The highest BCUT2D eigenvalue weighted by molar-refractivity contribution is 7.97. The lowest BCUT2D eigenvalue weighted by Gasteiger charge is -2.16. The van der Waals surface area contributed by atoms with Crippen LogP contribution >= 0.6 is 0 Å². The van der Waals surface area contributed by atoms with Crippen LogP contribution < -0.4 is 0 Å². The lowest BCUT2D eigenvalue weighted by atomic mass is 10.2. The summed E-state index contributed by atoms with van der Waals surface area (Å²) in [6, 6.07) is 16.8. The fraction of sp³-hybridized carbons (Fsp3) is 0.111. The van der Waals surface area contributed by atoms with E-state index in [9.17, 15) is 8.78 Å². The van der Waals surface area contributed by atoms with E-state index in [1.165, 1.54) is 23.1 Å². The highest BCUT2D eigenvalue weighted by Gasteiger charge is 2.34. The summed E-state index contributed by atoms with van der Waals surface area (Å²) in [4.78, 5) is 2.27. The number of rotatable bonds is 3. The van der Waals surface area contributed by atoms with Crippen molar-refractivity contribution in [2.24, 2.45) is 0 Å². The predicted octanol–water partition coefficient (Wildman–Crippen LogP) is 5.04. The molecule has 0 aromatic heterocycles. The smallest absolute Gasteiger partial charge is 0.161 e. The Balaban J connectivity index is 1.99. The zero-order valence-corrected chi connectivity index (χ0v) is 12.2. The first kappa shape index (κ1) is 14.1. The van der Waals surface area contributed by atoms with Crippen molar-refractivity contribution >= 4 is 10.9 Å². The molecule has 1 aliphatic rings. The van der Waals surface area contributed by atoms with Crippen LogP contribution in [0.25, 0.3) is 0 Å². The SMILES string of the molecule is FC1=CCC([S+](c2ccccc2)c2ccc(F)cc2)C=C1. The average molecular weight is 301 g/mol. The van der Waals surface area contributed by atoms with Crippen LogP contribution in [0.5, 0.6) is 0 Å². The lowest BCUT2D eigenvalue weighted by molar-refractivity contribution is 0.626. The Morgan fingerprint density at radius 2 is 1.52 bits per heavy atom. The minimum Gasteiger partial charge on any atom is -0.207 e. The first-order valence-electron chi connectivity index (χ1n) is 6.81. The second-order valence-electron chi connectivity index (χ2n) is 4.83. The van der Waals surface area contributed by atoms with Crippen LogP contribution in [0.3, 0.4) is 0 Å². The van der Waals surface area contributed by atoms with E-state index in [-0.39, 0.29) is 27.8 Å². The maximum absolute atomic E-state index is 13.2. The summed E-state index contributed by atoms with van der Waals surface area (Å²) in [5, 5.41) is 0.206. The van der Waals surface area contributed by atoms with E-state index < -0.39 is 0 Å². The molecule has 0 spiro atoms. The van der Waals surface area contributed by atoms with Crippen LogP contribution in [-0.2, 0) is 10.9 Å². The molecule has 2 aromatic rings. The normalized spacial score (nSPS) is 19.1. The first-order valence-corrected chi connectivity index (χ1v) is 8.10. The fourth-order valence-corrected chi connectivity index (χ4v) is 4.76. The largest absolute Gasteiger partial charge is 0.207 e. The van der Waals surface area contributed by atoms with Crippen molar-refractivity contribution in [2.75, 3.05) is 0 Å². The summed E-state index contributed by atoms with van der Waals surface area (Å²) in [5.74, 6) is -0.414. The Hall–Kier alpha value is -1.87. The van der Waals surface area contributed by atoms with Gasteiger partial charge >= 0.3 is 0 Å². The number of hydrogen-bond acceptors (Lipinski definition) is 0. The summed E-state index contributed by atoms with van der Waals surface area (Å²) < 4.78 is 26.4. The van der Waals surface area contributed by atoms with Gasteiger partial charge in [-0.1, -0.05) is 18.2 Å². The van der Waals surface area contributed by atoms with Gasteiger partial charge < -0.3 is 0 Å². The highest BCUT2D eigenvalue weighted by atomic mass is 32.2. The topological polar surface area (TPSA) is 0 Å². The number of hydrogen-bond donors (Lipinski definition) is 0. The summed E-state index contributed by atoms with van der Waals surface area (Å²) >= 11 is 0. The number of halogens is 2. The van der Waals surface area contributed by atoms with Crippen molar-refractivity contribution in [1.82, 2.24) is 0 Å². The van der Waals surface area contributed by atoms with Crippen LogP contribution in [0.2, 0.25) is 0 Å². The van der Waals surface area contributed by atoms with Crippen molar-refractivity contribution in [3.05, 3.63) is 84.5 Å². The number of benzene rings is 2. The summed E-state index contributed by atoms with van der Waals surface area (Å²) in [5.41, 5.74) is 0. The Morgan fingerprint density at radius 3 is 2.14 bits per heavy atom. The highest BCUT2D eigenvalue weighted by Crippen LogP contribution is 2.32. The van der Waals surface area contributed by atoms with Crippen molar-refractivity contribution < 1.29 is 8.78 Å². The van der Waals surface area contributed by atoms with Crippen molar-refractivity contribution in [3.8, 4) is 0 Å². The molecule has 0 nitrogen and oxygen atoms in total. The van der Waals surface area contributed by atoms with Gasteiger partial charge in [-0.3, -0.25) is 0 Å². The molecule has 0 radical (unpaired) electrons. The molecule has 0 bridgehead atoms. The molecule has 0 amide bonds. The van der Waals surface area contributed by atoms with Gasteiger partial charge in [-0.2, -0.15) is 0 Å². The van der Waals surface area contributed by atoms with E-state index in [0.29, 0.717) is 6.42 Å². The van der Waals surface area contributed by atoms with Crippen LogP contribution in [-0.4, -0.2) is 5.25 Å². The van der Waals surface area contributed by atoms with E-state index in [4.69, 9.17) is 0 Å². The molecule has 0 saturated carbocycles. The third kappa shape index (κ3) is 3.24. The first-order chi connectivity index (χ1) is 10.2. The van der Waals surface area contributed by atoms with E-state index >= 15 is 0 Å². The molecule has 0 heterocycles. The predicted molar refractivity (Wildman–Crippen MR) is 83.5 cm³/mol. The molecule has 2 atom stereocenters. The van der Waals surface area contributed by atoms with E-state index in [0.717, 1.165) is 4.90 Å². The standard InChI is InChI=1S/C18H15F2S/c19-14-6-10-17(11-7-14)21(16-4-2-1-3-5-16)18-12-8-15(20)9-13-18/h1-12,18H,13H2/q+1. The van der Waals surface area contributed by atoms with Crippen molar-refractivity contribution in [2.45, 2.75) is 21.5 Å². The molecule has 2 unspecified atom stereocenters. The molecule has 2 aromatic carbocycles. The molecular weight excluding hydrogens is 286 g/mol. The van der Waals surface area contributed by atoms with Gasteiger partial charge in [0.1, 0.15) is 11.6 Å².